The number of fused-ring (bicyclic) bond motifs is 1. The predicted molar refractivity (Wildman–Crippen MR) is 96.0 cm³/mol. The summed E-state index contributed by atoms with van der Waals surface area (Å²) in [5, 5.41) is 9.42. The normalized spacial score (nSPS) is 13.1. The van der Waals surface area contributed by atoms with Gasteiger partial charge in [-0.3, -0.25) is 4.57 Å². The molecule has 0 atom stereocenters. The first-order chi connectivity index (χ1) is 12.3. The number of anilines is 2. The highest BCUT2D eigenvalue weighted by molar-refractivity contribution is 7.98. The molecule has 7 heteroatoms. The first-order valence-corrected chi connectivity index (χ1v) is 8.96. The second-order valence-corrected chi connectivity index (χ2v) is 6.61. The summed E-state index contributed by atoms with van der Waals surface area (Å²) in [5.41, 5.74) is 1.73. The number of hydrogen-bond acceptors (Lipinski definition) is 5. The molecule has 0 saturated carbocycles. The molecule has 2 heterocycles. The smallest absolute Gasteiger partial charge is 0.232 e. The molecule has 25 heavy (non-hydrogen) atoms. The molecular formula is C18H17FN4OS. The van der Waals surface area contributed by atoms with E-state index in [0.717, 1.165) is 35.6 Å². The zero-order valence-corrected chi connectivity index (χ0v) is 14.5. The summed E-state index contributed by atoms with van der Waals surface area (Å²) in [7, 11) is 1.65. The first-order valence-electron chi connectivity index (χ1n) is 7.97. The molecule has 0 amide bonds. The van der Waals surface area contributed by atoms with E-state index in [-0.39, 0.29) is 5.82 Å². The Bertz CT molecular complexity index is 881. The van der Waals surface area contributed by atoms with E-state index in [1.807, 2.05) is 30.3 Å². The number of nitrogens with zero attached hydrogens (tertiary/aromatic N) is 4. The molecule has 5 nitrogen and oxygen atoms in total. The molecule has 2 aromatic carbocycles. The van der Waals surface area contributed by atoms with Crippen LogP contribution in [0.3, 0.4) is 0 Å². The van der Waals surface area contributed by atoms with Crippen LogP contribution in [0.4, 0.5) is 16.0 Å². The van der Waals surface area contributed by atoms with Gasteiger partial charge in [-0.15, -0.1) is 10.2 Å². The van der Waals surface area contributed by atoms with Crippen molar-refractivity contribution in [3.63, 3.8) is 0 Å². The van der Waals surface area contributed by atoms with Crippen molar-refractivity contribution in [2.24, 2.45) is 0 Å². The van der Waals surface area contributed by atoms with Crippen molar-refractivity contribution in [2.75, 3.05) is 18.6 Å². The predicted octanol–water partition coefficient (Wildman–Crippen LogP) is 3.87. The van der Waals surface area contributed by atoms with Gasteiger partial charge in [0.05, 0.1) is 7.11 Å². The lowest BCUT2D eigenvalue weighted by Crippen LogP contribution is -2.14. The highest BCUT2D eigenvalue weighted by atomic mass is 32.2. The molecule has 1 aliphatic heterocycles. The van der Waals surface area contributed by atoms with Gasteiger partial charge in [0.1, 0.15) is 11.6 Å². The fourth-order valence-corrected chi connectivity index (χ4v) is 3.79. The molecule has 0 radical (unpaired) electrons. The molecule has 1 aliphatic rings. The number of aromatic nitrogens is 3. The third kappa shape index (κ3) is 3.07. The minimum atomic E-state index is -0.184. The lowest BCUT2D eigenvalue weighted by atomic mass is 10.2. The van der Waals surface area contributed by atoms with E-state index in [1.165, 1.54) is 17.8 Å². The second kappa shape index (κ2) is 6.76. The SMILES string of the molecule is COc1ccc(N2CCn3c(SCc4ccccc4F)nnc32)cc1. The summed E-state index contributed by atoms with van der Waals surface area (Å²) in [5.74, 6) is 2.00. The molecule has 0 bridgehead atoms. The lowest BCUT2D eigenvalue weighted by Gasteiger charge is -2.15. The van der Waals surface area contributed by atoms with Crippen LogP contribution in [-0.2, 0) is 12.3 Å². The Balaban J connectivity index is 1.52. The van der Waals surface area contributed by atoms with E-state index >= 15 is 0 Å². The van der Waals surface area contributed by atoms with Crippen molar-refractivity contribution < 1.29 is 9.13 Å². The topological polar surface area (TPSA) is 43.2 Å². The van der Waals surface area contributed by atoms with Crippen molar-refractivity contribution >= 4 is 23.4 Å². The molecule has 1 aromatic heterocycles. The molecule has 4 rings (SSSR count). The summed E-state index contributed by atoms with van der Waals surface area (Å²) in [6, 6.07) is 14.7. The molecule has 0 saturated heterocycles. The summed E-state index contributed by atoms with van der Waals surface area (Å²) >= 11 is 1.51. The van der Waals surface area contributed by atoms with E-state index in [0.29, 0.717) is 11.3 Å². The molecular weight excluding hydrogens is 339 g/mol. The Labute approximate surface area is 149 Å². The zero-order chi connectivity index (χ0) is 17.2. The van der Waals surface area contributed by atoms with Gasteiger partial charge in [-0.1, -0.05) is 30.0 Å². The van der Waals surface area contributed by atoms with Gasteiger partial charge < -0.3 is 9.64 Å². The Morgan fingerprint density at radius 1 is 1.08 bits per heavy atom. The summed E-state index contributed by atoms with van der Waals surface area (Å²) in [6.07, 6.45) is 0. The van der Waals surface area contributed by atoms with Crippen molar-refractivity contribution in [1.29, 1.82) is 0 Å². The van der Waals surface area contributed by atoms with E-state index in [4.69, 9.17) is 4.74 Å². The van der Waals surface area contributed by atoms with Crippen molar-refractivity contribution in [1.82, 2.24) is 14.8 Å². The minimum absolute atomic E-state index is 0.184. The van der Waals surface area contributed by atoms with Crippen LogP contribution in [0, 0.1) is 5.82 Å². The monoisotopic (exact) mass is 356 g/mol. The van der Waals surface area contributed by atoms with Gasteiger partial charge in [-0.2, -0.15) is 0 Å². The quantitative estimate of drug-likeness (QED) is 0.649. The van der Waals surface area contributed by atoms with E-state index in [1.54, 1.807) is 19.2 Å². The second-order valence-electron chi connectivity index (χ2n) is 5.66. The maximum absolute atomic E-state index is 13.8. The largest absolute Gasteiger partial charge is 0.497 e. The van der Waals surface area contributed by atoms with Crippen LogP contribution in [0.15, 0.2) is 53.7 Å². The standard InChI is InChI=1S/C18H17FN4OS/c1-24-15-8-6-14(7-9-15)22-10-11-23-17(22)20-21-18(23)25-12-13-4-2-3-5-16(13)19/h2-9H,10-12H2,1H3. The van der Waals surface area contributed by atoms with Crippen molar-refractivity contribution in [2.45, 2.75) is 17.5 Å². The molecule has 3 aromatic rings. The van der Waals surface area contributed by atoms with Crippen LogP contribution in [-0.4, -0.2) is 28.4 Å². The zero-order valence-electron chi connectivity index (χ0n) is 13.7. The fourth-order valence-electron chi connectivity index (χ4n) is 2.85. The number of thioether (sulfide) groups is 1. The Morgan fingerprint density at radius 3 is 2.64 bits per heavy atom. The summed E-state index contributed by atoms with van der Waals surface area (Å²) in [6.45, 7) is 1.65. The number of rotatable bonds is 5. The Morgan fingerprint density at radius 2 is 1.88 bits per heavy atom. The van der Waals surface area contributed by atoms with Gasteiger partial charge in [-0.25, -0.2) is 4.39 Å². The average Bonchev–Trinajstić information content (AvgIpc) is 3.23. The average molecular weight is 356 g/mol. The first kappa shape index (κ1) is 16.0. The lowest BCUT2D eigenvalue weighted by molar-refractivity contribution is 0.415. The maximum atomic E-state index is 13.8. The summed E-state index contributed by atoms with van der Waals surface area (Å²) in [4.78, 5) is 2.12. The van der Waals surface area contributed by atoms with Crippen LogP contribution >= 0.6 is 11.8 Å². The highest BCUT2D eigenvalue weighted by Gasteiger charge is 2.26. The van der Waals surface area contributed by atoms with Gasteiger partial charge in [0.15, 0.2) is 5.16 Å². The molecule has 128 valence electrons. The van der Waals surface area contributed by atoms with Gasteiger partial charge in [0.25, 0.3) is 0 Å². The molecule has 0 N–H and O–H groups in total. The number of methoxy groups -OCH3 is 1. The van der Waals surface area contributed by atoms with E-state index in [2.05, 4.69) is 19.7 Å². The maximum Gasteiger partial charge on any atom is 0.232 e. The van der Waals surface area contributed by atoms with Crippen LogP contribution in [0.1, 0.15) is 5.56 Å². The van der Waals surface area contributed by atoms with E-state index < -0.39 is 0 Å². The van der Waals surface area contributed by atoms with Crippen molar-refractivity contribution in [3.8, 4) is 5.75 Å². The van der Waals surface area contributed by atoms with Gasteiger partial charge >= 0.3 is 0 Å². The van der Waals surface area contributed by atoms with E-state index in [9.17, 15) is 4.39 Å². The number of ether oxygens (including phenoxy) is 1. The Hall–Kier alpha value is -2.54. The third-order valence-corrected chi connectivity index (χ3v) is 5.20. The molecule has 0 unspecified atom stereocenters. The minimum Gasteiger partial charge on any atom is -0.497 e. The van der Waals surface area contributed by atoms with Crippen LogP contribution in [0.5, 0.6) is 5.75 Å². The van der Waals surface area contributed by atoms with Crippen LogP contribution in [0.25, 0.3) is 0 Å². The fraction of sp³-hybridized carbons (Fsp3) is 0.222. The van der Waals surface area contributed by atoms with Gasteiger partial charge in [0, 0.05) is 24.5 Å². The van der Waals surface area contributed by atoms with Crippen LogP contribution in [0.2, 0.25) is 0 Å². The third-order valence-electron chi connectivity index (χ3n) is 4.18. The number of halogens is 1. The number of benzene rings is 2. The van der Waals surface area contributed by atoms with Crippen molar-refractivity contribution in [3.05, 3.63) is 59.9 Å². The van der Waals surface area contributed by atoms with Gasteiger partial charge in [-0.05, 0) is 35.9 Å². The van der Waals surface area contributed by atoms with Crippen LogP contribution < -0.4 is 9.64 Å². The highest BCUT2D eigenvalue weighted by Crippen LogP contribution is 2.33. The summed E-state index contributed by atoms with van der Waals surface area (Å²) < 4.78 is 21.0. The number of hydrogen-bond donors (Lipinski definition) is 0. The molecule has 0 aliphatic carbocycles. The Kier molecular flexibility index (Phi) is 4.31. The molecule has 0 spiro atoms. The van der Waals surface area contributed by atoms with Gasteiger partial charge in [0.2, 0.25) is 5.95 Å². The molecule has 0 fully saturated rings.